The minimum atomic E-state index is -0.244. The molecule has 1 N–H and O–H groups in total. The van der Waals surface area contributed by atoms with Gasteiger partial charge in [-0.05, 0) is 48.1 Å². The molecule has 1 aliphatic rings. The van der Waals surface area contributed by atoms with Crippen LogP contribution in [0, 0.1) is 0 Å². The average Bonchev–Trinajstić information content (AvgIpc) is 3.05. The Balaban J connectivity index is 1.85. The summed E-state index contributed by atoms with van der Waals surface area (Å²) in [5.74, 6) is -0.355. The van der Waals surface area contributed by atoms with Crippen LogP contribution >= 0.6 is 27.3 Å². The van der Waals surface area contributed by atoms with Crippen molar-refractivity contribution in [3.05, 3.63) is 62.4 Å². The van der Waals surface area contributed by atoms with E-state index < -0.39 is 0 Å². The summed E-state index contributed by atoms with van der Waals surface area (Å²) < 4.78 is 0.970. The van der Waals surface area contributed by atoms with E-state index in [2.05, 4.69) is 21.2 Å². The molecule has 0 saturated carbocycles. The number of carbonyl (C=O) groups is 2. The van der Waals surface area contributed by atoms with E-state index >= 15 is 0 Å². The van der Waals surface area contributed by atoms with Crippen molar-refractivity contribution < 1.29 is 9.59 Å². The number of carbonyl (C=O) groups excluding carboxylic acids is 2. The van der Waals surface area contributed by atoms with Gasteiger partial charge in [0.05, 0.1) is 4.88 Å². The zero-order valence-electron chi connectivity index (χ0n) is 14.4. The minimum Gasteiger partial charge on any atom is -0.337 e. The number of thiophene rings is 1. The van der Waals surface area contributed by atoms with Gasteiger partial charge in [-0.25, -0.2) is 0 Å². The molecule has 0 bridgehead atoms. The maximum Gasteiger partial charge on any atom is 0.270 e. The summed E-state index contributed by atoms with van der Waals surface area (Å²) >= 11 is 4.78. The Kier molecular flexibility index (Phi) is 6.63. The topological polar surface area (TPSA) is 49.4 Å². The van der Waals surface area contributed by atoms with Gasteiger partial charge in [-0.1, -0.05) is 47.0 Å². The Bertz CT molecular complexity index is 777. The van der Waals surface area contributed by atoms with Crippen LogP contribution in [0.15, 0.2) is 51.9 Å². The Morgan fingerprint density at radius 2 is 1.73 bits per heavy atom. The van der Waals surface area contributed by atoms with E-state index in [1.807, 2.05) is 40.6 Å². The maximum absolute atomic E-state index is 13.1. The van der Waals surface area contributed by atoms with Crippen molar-refractivity contribution in [1.82, 2.24) is 10.2 Å². The molecule has 1 aromatic heterocycles. The van der Waals surface area contributed by atoms with Crippen molar-refractivity contribution in [3.63, 3.8) is 0 Å². The van der Waals surface area contributed by atoms with Crippen molar-refractivity contribution >= 4 is 45.2 Å². The highest BCUT2D eigenvalue weighted by molar-refractivity contribution is 9.10. The van der Waals surface area contributed by atoms with Crippen LogP contribution in [0.5, 0.6) is 0 Å². The van der Waals surface area contributed by atoms with Crippen LogP contribution < -0.4 is 5.32 Å². The van der Waals surface area contributed by atoms with Crippen LogP contribution in [0.4, 0.5) is 0 Å². The highest BCUT2D eigenvalue weighted by Crippen LogP contribution is 2.17. The van der Waals surface area contributed by atoms with Crippen LogP contribution in [0.25, 0.3) is 6.08 Å². The molecule has 0 atom stereocenters. The summed E-state index contributed by atoms with van der Waals surface area (Å²) in [6.07, 6.45) is 6.08. The number of likely N-dealkylation sites (tertiary alicyclic amines) is 1. The van der Waals surface area contributed by atoms with Gasteiger partial charge in [-0.3, -0.25) is 9.59 Å². The molecule has 0 spiro atoms. The van der Waals surface area contributed by atoms with Gasteiger partial charge in [0.2, 0.25) is 0 Å². The zero-order valence-corrected chi connectivity index (χ0v) is 16.8. The van der Waals surface area contributed by atoms with Crippen molar-refractivity contribution in [3.8, 4) is 0 Å². The first kappa shape index (κ1) is 18.9. The third-order valence-electron chi connectivity index (χ3n) is 4.30. The van der Waals surface area contributed by atoms with Crippen LogP contribution in [0.1, 0.15) is 40.9 Å². The SMILES string of the molecule is O=C(N/C(=C\c1ccc(Br)cc1)C(=O)N1CCCCCC1)c1cccs1. The number of benzene rings is 1. The van der Waals surface area contributed by atoms with Crippen molar-refractivity contribution in [2.45, 2.75) is 25.7 Å². The Morgan fingerprint density at radius 1 is 1.04 bits per heavy atom. The number of nitrogens with one attached hydrogen (secondary N) is 1. The first-order chi connectivity index (χ1) is 12.6. The minimum absolute atomic E-state index is 0.111. The fraction of sp³-hybridized carbons (Fsp3) is 0.300. The predicted molar refractivity (Wildman–Crippen MR) is 109 cm³/mol. The van der Waals surface area contributed by atoms with E-state index in [1.54, 1.807) is 12.1 Å². The van der Waals surface area contributed by atoms with Gasteiger partial charge in [-0.2, -0.15) is 0 Å². The first-order valence-corrected chi connectivity index (χ1v) is 10.4. The average molecular weight is 433 g/mol. The lowest BCUT2D eigenvalue weighted by molar-refractivity contribution is -0.127. The molecule has 1 saturated heterocycles. The summed E-state index contributed by atoms with van der Waals surface area (Å²) in [4.78, 5) is 28.0. The molecular weight excluding hydrogens is 412 g/mol. The van der Waals surface area contributed by atoms with E-state index in [-0.39, 0.29) is 11.8 Å². The number of rotatable bonds is 4. The largest absolute Gasteiger partial charge is 0.337 e. The summed E-state index contributed by atoms with van der Waals surface area (Å²) in [6, 6.07) is 11.2. The molecule has 0 unspecified atom stereocenters. The van der Waals surface area contributed by atoms with E-state index in [9.17, 15) is 9.59 Å². The molecule has 4 nitrogen and oxygen atoms in total. The first-order valence-electron chi connectivity index (χ1n) is 8.75. The Morgan fingerprint density at radius 3 is 2.35 bits per heavy atom. The maximum atomic E-state index is 13.1. The van der Waals surface area contributed by atoms with E-state index in [0.29, 0.717) is 10.6 Å². The molecule has 3 rings (SSSR count). The second-order valence-corrected chi connectivity index (χ2v) is 8.11. The molecule has 2 heterocycles. The number of halogens is 1. The predicted octanol–water partition coefficient (Wildman–Crippen LogP) is 4.68. The lowest BCUT2D eigenvalue weighted by Gasteiger charge is -2.22. The third-order valence-corrected chi connectivity index (χ3v) is 5.70. The molecule has 26 heavy (non-hydrogen) atoms. The number of amides is 2. The fourth-order valence-electron chi connectivity index (χ4n) is 2.91. The van der Waals surface area contributed by atoms with Gasteiger partial charge in [0.25, 0.3) is 11.8 Å². The second-order valence-electron chi connectivity index (χ2n) is 6.25. The van der Waals surface area contributed by atoms with Crippen molar-refractivity contribution in [2.75, 3.05) is 13.1 Å². The normalized spacial score (nSPS) is 15.4. The number of nitrogens with zero attached hydrogens (tertiary/aromatic N) is 1. The van der Waals surface area contributed by atoms with Crippen LogP contribution in [0.3, 0.4) is 0 Å². The molecule has 1 aromatic carbocycles. The van der Waals surface area contributed by atoms with Gasteiger partial charge in [0, 0.05) is 17.6 Å². The Labute approximate surface area is 166 Å². The van der Waals surface area contributed by atoms with Gasteiger partial charge in [-0.15, -0.1) is 11.3 Å². The molecule has 136 valence electrons. The number of hydrogen-bond acceptors (Lipinski definition) is 3. The van der Waals surface area contributed by atoms with Crippen LogP contribution in [-0.4, -0.2) is 29.8 Å². The number of hydrogen-bond donors (Lipinski definition) is 1. The van der Waals surface area contributed by atoms with E-state index in [1.165, 1.54) is 11.3 Å². The molecular formula is C20H21BrN2O2S. The standard InChI is InChI=1S/C20H21BrN2O2S/c21-16-9-7-15(8-10-16)14-17(22-19(24)18-6-5-13-26-18)20(25)23-11-3-1-2-4-12-23/h5-10,13-14H,1-4,11-12H2,(H,22,24)/b17-14-. The molecule has 2 aromatic rings. The second kappa shape index (κ2) is 9.14. The lowest BCUT2D eigenvalue weighted by atomic mass is 10.1. The van der Waals surface area contributed by atoms with Crippen molar-refractivity contribution in [1.29, 1.82) is 0 Å². The zero-order chi connectivity index (χ0) is 18.4. The monoisotopic (exact) mass is 432 g/mol. The molecule has 1 fully saturated rings. The highest BCUT2D eigenvalue weighted by atomic mass is 79.9. The molecule has 1 aliphatic heterocycles. The third kappa shape index (κ3) is 5.05. The van der Waals surface area contributed by atoms with E-state index in [4.69, 9.17) is 0 Å². The van der Waals surface area contributed by atoms with Gasteiger partial charge in [0.15, 0.2) is 0 Å². The molecule has 2 amide bonds. The summed E-state index contributed by atoms with van der Waals surface area (Å²) in [6.45, 7) is 1.48. The lowest BCUT2D eigenvalue weighted by Crippen LogP contribution is -2.38. The van der Waals surface area contributed by atoms with Crippen LogP contribution in [0.2, 0.25) is 0 Å². The smallest absolute Gasteiger partial charge is 0.270 e. The van der Waals surface area contributed by atoms with Gasteiger partial charge in [0.1, 0.15) is 5.70 Å². The molecule has 0 aliphatic carbocycles. The van der Waals surface area contributed by atoms with Crippen molar-refractivity contribution in [2.24, 2.45) is 0 Å². The Hall–Kier alpha value is -1.92. The molecule has 0 radical (unpaired) electrons. The molecule has 6 heteroatoms. The highest BCUT2D eigenvalue weighted by Gasteiger charge is 2.22. The fourth-order valence-corrected chi connectivity index (χ4v) is 3.80. The summed E-state index contributed by atoms with van der Waals surface area (Å²) in [7, 11) is 0. The summed E-state index contributed by atoms with van der Waals surface area (Å²) in [5.41, 5.74) is 1.20. The van der Waals surface area contributed by atoms with Gasteiger partial charge >= 0.3 is 0 Å². The quantitative estimate of drug-likeness (QED) is 0.712. The summed E-state index contributed by atoms with van der Waals surface area (Å²) in [5, 5.41) is 4.68. The van der Waals surface area contributed by atoms with E-state index in [0.717, 1.165) is 48.8 Å². The van der Waals surface area contributed by atoms with Crippen LogP contribution in [-0.2, 0) is 4.79 Å². The van der Waals surface area contributed by atoms with Gasteiger partial charge < -0.3 is 10.2 Å².